The topological polar surface area (TPSA) is 53.1 Å². The number of nitrogens with two attached hydrogens (primary N) is 1. The number of nitrogens with zero attached hydrogens (tertiary/aromatic N) is 2. The molecule has 90 valence electrons. The molecular formula is C12H21N3O. The van der Waals surface area contributed by atoms with Gasteiger partial charge in [0.05, 0.1) is 24.9 Å². The summed E-state index contributed by atoms with van der Waals surface area (Å²) in [6.45, 7) is 5.06. The Hall–Kier alpha value is -0.870. The van der Waals surface area contributed by atoms with Gasteiger partial charge in [-0.05, 0) is 26.2 Å². The van der Waals surface area contributed by atoms with Crippen LogP contribution in [0.5, 0.6) is 0 Å². The van der Waals surface area contributed by atoms with Crippen LogP contribution >= 0.6 is 0 Å². The standard InChI is InChI=1S/C12H21N3O/c1-3-12(13)10-6-14-15(7-10)8-11-5-4-9(2)16-11/h6-7,9,11-12H,3-5,8,13H2,1-2H3. The molecule has 1 aromatic heterocycles. The van der Waals surface area contributed by atoms with E-state index in [1.165, 1.54) is 0 Å². The van der Waals surface area contributed by atoms with Crippen molar-refractivity contribution in [3.8, 4) is 0 Å². The zero-order chi connectivity index (χ0) is 11.5. The molecule has 0 bridgehead atoms. The first-order valence-corrected chi connectivity index (χ1v) is 6.12. The predicted molar refractivity (Wildman–Crippen MR) is 63.0 cm³/mol. The minimum absolute atomic E-state index is 0.108. The van der Waals surface area contributed by atoms with Crippen molar-refractivity contribution >= 4 is 0 Å². The van der Waals surface area contributed by atoms with Gasteiger partial charge in [0.25, 0.3) is 0 Å². The summed E-state index contributed by atoms with van der Waals surface area (Å²) in [7, 11) is 0. The third-order valence-electron chi connectivity index (χ3n) is 3.23. The molecule has 2 heterocycles. The Morgan fingerprint density at radius 3 is 3.06 bits per heavy atom. The van der Waals surface area contributed by atoms with E-state index in [4.69, 9.17) is 10.5 Å². The van der Waals surface area contributed by atoms with Crippen LogP contribution in [-0.2, 0) is 11.3 Å². The SMILES string of the molecule is CCC(N)c1cnn(CC2CCC(C)O2)c1. The third-order valence-corrected chi connectivity index (χ3v) is 3.23. The van der Waals surface area contributed by atoms with Crippen LogP contribution in [0, 0.1) is 0 Å². The van der Waals surface area contributed by atoms with Gasteiger partial charge in [-0.15, -0.1) is 0 Å². The van der Waals surface area contributed by atoms with Crippen LogP contribution in [0.1, 0.15) is 44.7 Å². The van der Waals surface area contributed by atoms with Gasteiger partial charge in [0.2, 0.25) is 0 Å². The van der Waals surface area contributed by atoms with Crippen molar-refractivity contribution in [2.75, 3.05) is 0 Å². The molecule has 0 spiro atoms. The van der Waals surface area contributed by atoms with Crippen LogP contribution in [-0.4, -0.2) is 22.0 Å². The summed E-state index contributed by atoms with van der Waals surface area (Å²) in [6, 6.07) is 0.108. The van der Waals surface area contributed by atoms with Gasteiger partial charge in [-0.1, -0.05) is 6.92 Å². The van der Waals surface area contributed by atoms with Crippen molar-refractivity contribution in [1.29, 1.82) is 0 Å². The van der Waals surface area contributed by atoms with Gasteiger partial charge >= 0.3 is 0 Å². The molecule has 1 saturated heterocycles. The van der Waals surface area contributed by atoms with Crippen molar-refractivity contribution < 1.29 is 4.74 Å². The first kappa shape index (κ1) is 11.6. The van der Waals surface area contributed by atoms with Crippen molar-refractivity contribution in [3.63, 3.8) is 0 Å². The molecule has 1 aliphatic heterocycles. The van der Waals surface area contributed by atoms with Gasteiger partial charge in [0.15, 0.2) is 0 Å². The molecular weight excluding hydrogens is 202 g/mol. The molecule has 2 N–H and O–H groups in total. The second kappa shape index (κ2) is 4.97. The Morgan fingerprint density at radius 2 is 2.44 bits per heavy atom. The van der Waals surface area contributed by atoms with Gasteiger partial charge in [0, 0.05) is 17.8 Å². The summed E-state index contributed by atoms with van der Waals surface area (Å²) in [5, 5.41) is 4.33. The van der Waals surface area contributed by atoms with E-state index in [2.05, 4.69) is 18.9 Å². The molecule has 3 unspecified atom stereocenters. The van der Waals surface area contributed by atoms with Crippen molar-refractivity contribution in [1.82, 2.24) is 9.78 Å². The van der Waals surface area contributed by atoms with E-state index in [1.807, 2.05) is 17.1 Å². The fourth-order valence-electron chi connectivity index (χ4n) is 2.13. The summed E-state index contributed by atoms with van der Waals surface area (Å²) in [6.07, 6.45) is 7.87. The Kier molecular flexibility index (Phi) is 3.61. The Labute approximate surface area is 96.8 Å². The normalized spacial score (nSPS) is 27.2. The zero-order valence-corrected chi connectivity index (χ0v) is 10.1. The highest BCUT2D eigenvalue weighted by molar-refractivity contribution is 5.09. The van der Waals surface area contributed by atoms with Gasteiger partial charge < -0.3 is 10.5 Å². The lowest BCUT2D eigenvalue weighted by molar-refractivity contribution is 0.0437. The number of rotatable bonds is 4. The maximum Gasteiger partial charge on any atom is 0.0775 e. The van der Waals surface area contributed by atoms with E-state index < -0.39 is 0 Å². The van der Waals surface area contributed by atoms with Gasteiger partial charge in [-0.25, -0.2) is 0 Å². The molecule has 0 radical (unpaired) electrons. The molecule has 0 amide bonds. The first-order valence-electron chi connectivity index (χ1n) is 6.12. The van der Waals surface area contributed by atoms with E-state index in [9.17, 15) is 0 Å². The lowest BCUT2D eigenvalue weighted by atomic mass is 10.1. The highest BCUT2D eigenvalue weighted by Gasteiger charge is 2.22. The Morgan fingerprint density at radius 1 is 1.62 bits per heavy atom. The van der Waals surface area contributed by atoms with Crippen LogP contribution in [0.25, 0.3) is 0 Å². The van der Waals surface area contributed by atoms with Crippen LogP contribution in [0.2, 0.25) is 0 Å². The smallest absolute Gasteiger partial charge is 0.0775 e. The van der Waals surface area contributed by atoms with E-state index in [1.54, 1.807) is 0 Å². The third kappa shape index (κ3) is 2.62. The fourth-order valence-corrected chi connectivity index (χ4v) is 2.13. The molecule has 1 aliphatic rings. The van der Waals surface area contributed by atoms with Gasteiger partial charge in [0.1, 0.15) is 0 Å². The number of ether oxygens (including phenoxy) is 1. The van der Waals surface area contributed by atoms with E-state index in [0.29, 0.717) is 12.2 Å². The number of hydrogen-bond acceptors (Lipinski definition) is 3. The molecule has 16 heavy (non-hydrogen) atoms. The van der Waals surface area contributed by atoms with Crippen molar-refractivity contribution in [2.45, 2.75) is 57.9 Å². The minimum atomic E-state index is 0.108. The highest BCUT2D eigenvalue weighted by atomic mass is 16.5. The summed E-state index contributed by atoms with van der Waals surface area (Å²) < 4.78 is 7.72. The summed E-state index contributed by atoms with van der Waals surface area (Å²) in [4.78, 5) is 0. The molecule has 2 rings (SSSR count). The second-order valence-electron chi connectivity index (χ2n) is 4.66. The zero-order valence-electron chi connectivity index (χ0n) is 10.1. The lowest BCUT2D eigenvalue weighted by Gasteiger charge is -2.10. The first-order chi connectivity index (χ1) is 7.69. The summed E-state index contributed by atoms with van der Waals surface area (Å²) >= 11 is 0. The van der Waals surface area contributed by atoms with E-state index in [-0.39, 0.29) is 6.04 Å². The predicted octanol–water partition coefficient (Wildman–Crippen LogP) is 1.86. The average molecular weight is 223 g/mol. The molecule has 1 aromatic rings. The number of hydrogen-bond donors (Lipinski definition) is 1. The molecule has 1 fully saturated rings. The van der Waals surface area contributed by atoms with Crippen LogP contribution in [0.3, 0.4) is 0 Å². The molecule has 0 aliphatic carbocycles. The van der Waals surface area contributed by atoms with Crippen LogP contribution in [0.15, 0.2) is 12.4 Å². The molecule has 3 atom stereocenters. The molecule has 0 aromatic carbocycles. The Bertz CT molecular complexity index is 337. The van der Waals surface area contributed by atoms with Crippen molar-refractivity contribution in [2.24, 2.45) is 5.73 Å². The highest BCUT2D eigenvalue weighted by Crippen LogP contribution is 2.21. The van der Waals surface area contributed by atoms with E-state index in [0.717, 1.165) is 31.4 Å². The van der Waals surface area contributed by atoms with Gasteiger partial charge in [-0.2, -0.15) is 5.10 Å². The minimum Gasteiger partial charge on any atom is -0.373 e. The summed E-state index contributed by atoms with van der Waals surface area (Å²) in [5.41, 5.74) is 7.07. The molecule has 4 heteroatoms. The fraction of sp³-hybridized carbons (Fsp3) is 0.750. The average Bonchev–Trinajstić information content (AvgIpc) is 2.87. The Balaban J connectivity index is 1.92. The van der Waals surface area contributed by atoms with Crippen molar-refractivity contribution in [3.05, 3.63) is 18.0 Å². The van der Waals surface area contributed by atoms with Crippen LogP contribution < -0.4 is 5.73 Å². The van der Waals surface area contributed by atoms with E-state index >= 15 is 0 Å². The number of aromatic nitrogens is 2. The van der Waals surface area contributed by atoms with Crippen LogP contribution in [0.4, 0.5) is 0 Å². The quantitative estimate of drug-likeness (QED) is 0.847. The van der Waals surface area contributed by atoms with Gasteiger partial charge in [-0.3, -0.25) is 4.68 Å². The summed E-state index contributed by atoms with van der Waals surface area (Å²) in [5.74, 6) is 0. The second-order valence-corrected chi connectivity index (χ2v) is 4.66. The molecule has 4 nitrogen and oxygen atoms in total. The maximum absolute atomic E-state index is 5.95. The molecule has 0 saturated carbocycles. The lowest BCUT2D eigenvalue weighted by Crippen LogP contribution is -2.16. The largest absolute Gasteiger partial charge is 0.373 e. The monoisotopic (exact) mass is 223 g/mol. The maximum atomic E-state index is 5.95.